The molecule has 0 rings (SSSR count). The lowest BCUT2D eigenvalue weighted by Gasteiger charge is -2.31. The van der Waals surface area contributed by atoms with E-state index in [1.165, 1.54) is 0 Å². The Morgan fingerprint density at radius 1 is 1.24 bits per heavy atom. The van der Waals surface area contributed by atoms with E-state index in [9.17, 15) is 13.2 Å². The zero-order chi connectivity index (χ0) is 16.9. The lowest BCUT2D eigenvalue weighted by molar-refractivity contribution is -0.890. The molecule has 0 saturated carbocycles. The number of ether oxygens (including phenoxy) is 1. The van der Waals surface area contributed by atoms with Crippen LogP contribution in [0.25, 0.3) is 0 Å². The molecular formula is C14H30NO5S+. The van der Waals surface area contributed by atoms with Gasteiger partial charge >= 0.3 is 5.97 Å². The average molecular weight is 324 g/mol. The van der Waals surface area contributed by atoms with Crippen LogP contribution in [0.2, 0.25) is 0 Å². The number of hydrogen-bond acceptors (Lipinski definition) is 4. The molecule has 0 radical (unpaired) electrons. The second-order valence-electron chi connectivity index (χ2n) is 7.03. The van der Waals surface area contributed by atoms with Crippen LogP contribution in [0, 0.1) is 11.3 Å². The number of likely N-dealkylation sites (N-methyl/N-ethyl adjacent to an activating group) is 1. The predicted octanol–water partition coefficient (Wildman–Crippen LogP) is 1.57. The highest BCUT2D eigenvalue weighted by Crippen LogP contribution is 2.27. The van der Waals surface area contributed by atoms with Gasteiger partial charge in [-0.2, -0.15) is 8.42 Å². The summed E-state index contributed by atoms with van der Waals surface area (Å²) in [6, 6.07) is 0. The molecule has 0 aliphatic rings. The molecule has 126 valence electrons. The van der Waals surface area contributed by atoms with Crippen molar-refractivity contribution in [3.8, 4) is 0 Å². The maximum absolute atomic E-state index is 12.0. The van der Waals surface area contributed by atoms with Gasteiger partial charge in [-0.05, 0) is 19.8 Å². The Balaban J connectivity index is 4.18. The summed E-state index contributed by atoms with van der Waals surface area (Å²) < 4.78 is 35.9. The van der Waals surface area contributed by atoms with Gasteiger partial charge in [0, 0.05) is 6.42 Å². The van der Waals surface area contributed by atoms with E-state index >= 15 is 0 Å². The van der Waals surface area contributed by atoms with E-state index in [4.69, 9.17) is 9.29 Å². The predicted molar refractivity (Wildman–Crippen MR) is 82.5 cm³/mol. The van der Waals surface area contributed by atoms with Crippen molar-refractivity contribution in [1.82, 2.24) is 0 Å². The molecule has 6 nitrogen and oxygen atoms in total. The molecule has 7 heteroatoms. The number of rotatable bonds is 9. The first-order valence-corrected chi connectivity index (χ1v) is 8.83. The van der Waals surface area contributed by atoms with Gasteiger partial charge in [0.05, 0.1) is 31.8 Å². The second-order valence-corrected chi connectivity index (χ2v) is 8.61. The maximum Gasteiger partial charge on any atom is 0.311 e. The van der Waals surface area contributed by atoms with Gasteiger partial charge in [-0.15, -0.1) is 0 Å². The first-order valence-electron chi connectivity index (χ1n) is 7.22. The summed E-state index contributed by atoms with van der Waals surface area (Å²) in [5, 5.41) is 0. The molecule has 0 fully saturated rings. The van der Waals surface area contributed by atoms with E-state index in [0.717, 1.165) is 0 Å². The third kappa shape index (κ3) is 8.38. The molecule has 0 spiro atoms. The molecule has 0 bridgehead atoms. The van der Waals surface area contributed by atoms with Gasteiger partial charge in [-0.3, -0.25) is 9.35 Å². The van der Waals surface area contributed by atoms with Crippen molar-refractivity contribution >= 4 is 16.1 Å². The SMILES string of the molecule is CC(C)C(C)(C)C(=O)OCC[N+](C)(C)CCCS(=O)(=O)O. The summed E-state index contributed by atoms with van der Waals surface area (Å²) in [5.41, 5.74) is -0.512. The topological polar surface area (TPSA) is 80.7 Å². The van der Waals surface area contributed by atoms with Crippen LogP contribution in [0.15, 0.2) is 0 Å². The van der Waals surface area contributed by atoms with Gasteiger partial charge in [-0.25, -0.2) is 0 Å². The van der Waals surface area contributed by atoms with Crippen LogP contribution in [-0.2, 0) is 19.6 Å². The van der Waals surface area contributed by atoms with Crippen LogP contribution >= 0.6 is 0 Å². The Morgan fingerprint density at radius 3 is 2.19 bits per heavy atom. The summed E-state index contributed by atoms with van der Waals surface area (Å²) in [6.07, 6.45) is 0.372. The fourth-order valence-corrected chi connectivity index (χ4v) is 2.09. The Kier molecular flexibility index (Phi) is 7.32. The quantitative estimate of drug-likeness (QED) is 0.395. The number of quaternary nitrogens is 1. The largest absolute Gasteiger partial charge is 0.459 e. The highest BCUT2D eigenvalue weighted by Gasteiger charge is 2.33. The van der Waals surface area contributed by atoms with Crippen molar-refractivity contribution in [1.29, 1.82) is 0 Å². The zero-order valence-corrected chi connectivity index (χ0v) is 14.9. The van der Waals surface area contributed by atoms with E-state index in [2.05, 4.69) is 0 Å². The van der Waals surface area contributed by atoms with Crippen LogP contribution in [0.3, 0.4) is 0 Å². The summed E-state index contributed by atoms with van der Waals surface area (Å²) in [5.74, 6) is -0.257. The molecule has 0 amide bonds. The van der Waals surface area contributed by atoms with Crippen molar-refractivity contribution in [2.45, 2.75) is 34.1 Å². The average Bonchev–Trinajstić information content (AvgIpc) is 2.25. The maximum atomic E-state index is 12.0. The molecule has 0 aliphatic heterocycles. The number of esters is 1. The van der Waals surface area contributed by atoms with E-state index < -0.39 is 15.5 Å². The molecule has 21 heavy (non-hydrogen) atoms. The van der Waals surface area contributed by atoms with Crippen LogP contribution in [-0.4, -0.2) is 63.0 Å². The molecule has 0 aromatic heterocycles. The number of carbonyl (C=O) groups is 1. The molecule has 0 aromatic rings. The minimum absolute atomic E-state index is 0.197. The van der Waals surface area contributed by atoms with Crippen molar-refractivity contribution < 1.29 is 27.0 Å². The van der Waals surface area contributed by atoms with Gasteiger partial charge in [0.15, 0.2) is 0 Å². The Morgan fingerprint density at radius 2 is 1.76 bits per heavy atom. The van der Waals surface area contributed by atoms with Crippen molar-refractivity contribution in [3.63, 3.8) is 0 Å². The molecular weight excluding hydrogens is 294 g/mol. The molecule has 0 unspecified atom stereocenters. The highest BCUT2D eigenvalue weighted by atomic mass is 32.2. The highest BCUT2D eigenvalue weighted by molar-refractivity contribution is 7.85. The van der Waals surface area contributed by atoms with E-state index in [1.54, 1.807) is 0 Å². The van der Waals surface area contributed by atoms with E-state index in [1.807, 2.05) is 41.8 Å². The molecule has 0 atom stereocenters. The summed E-state index contributed by atoms with van der Waals surface area (Å²) in [4.78, 5) is 12.0. The fraction of sp³-hybridized carbons (Fsp3) is 0.929. The number of nitrogens with zero attached hydrogens (tertiary/aromatic N) is 1. The Bertz CT molecular complexity index is 440. The number of carbonyl (C=O) groups excluding carboxylic acids is 1. The van der Waals surface area contributed by atoms with Crippen LogP contribution in [0.5, 0.6) is 0 Å². The van der Waals surface area contributed by atoms with Gasteiger partial charge in [0.25, 0.3) is 10.1 Å². The second kappa shape index (κ2) is 7.56. The fourth-order valence-electron chi connectivity index (χ4n) is 1.59. The van der Waals surface area contributed by atoms with Crippen LogP contribution < -0.4 is 0 Å². The smallest absolute Gasteiger partial charge is 0.311 e. The van der Waals surface area contributed by atoms with E-state index in [-0.39, 0.29) is 17.6 Å². The zero-order valence-electron chi connectivity index (χ0n) is 14.0. The lowest BCUT2D eigenvalue weighted by Crippen LogP contribution is -2.44. The summed E-state index contributed by atoms with van der Waals surface area (Å²) >= 11 is 0. The van der Waals surface area contributed by atoms with E-state index in [0.29, 0.717) is 30.6 Å². The first-order chi connectivity index (χ1) is 9.28. The van der Waals surface area contributed by atoms with Crippen molar-refractivity contribution in [2.75, 3.05) is 39.5 Å². The molecule has 0 saturated heterocycles. The minimum Gasteiger partial charge on any atom is -0.459 e. The van der Waals surface area contributed by atoms with Crippen LogP contribution in [0.4, 0.5) is 0 Å². The standard InChI is InChI=1S/C14H29NO5S/c1-12(2)14(3,4)13(16)20-10-9-15(5,6)8-7-11-21(17,18)19/h12H,7-11H2,1-6H3/p+1. The summed E-state index contributed by atoms with van der Waals surface area (Å²) in [7, 11) is -0.0329. The van der Waals surface area contributed by atoms with Crippen molar-refractivity contribution in [2.24, 2.45) is 11.3 Å². The normalized spacial score (nSPS) is 13.5. The van der Waals surface area contributed by atoms with Crippen molar-refractivity contribution in [3.05, 3.63) is 0 Å². The monoisotopic (exact) mass is 324 g/mol. The molecule has 1 N–H and O–H groups in total. The first kappa shape index (κ1) is 20.3. The Hall–Kier alpha value is -0.660. The third-order valence-electron chi connectivity index (χ3n) is 4.06. The third-order valence-corrected chi connectivity index (χ3v) is 4.87. The van der Waals surface area contributed by atoms with Crippen LogP contribution in [0.1, 0.15) is 34.1 Å². The van der Waals surface area contributed by atoms with Gasteiger partial charge < -0.3 is 9.22 Å². The molecule has 0 aromatic carbocycles. The van der Waals surface area contributed by atoms with Gasteiger partial charge in [-0.1, -0.05) is 13.8 Å². The molecule has 0 heterocycles. The molecule has 0 aliphatic carbocycles. The lowest BCUT2D eigenvalue weighted by atomic mass is 9.81. The minimum atomic E-state index is -3.90. The van der Waals surface area contributed by atoms with Gasteiger partial charge in [0.2, 0.25) is 0 Å². The number of hydrogen-bond donors (Lipinski definition) is 1. The summed E-state index contributed by atoms with van der Waals surface area (Å²) in [6.45, 7) is 9.19. The Labute approximate surface area is 128 Å². The van der Waals surface area contributed by atoms with Gasteiger partial charge in [0.1, 0.15) is 13.2 Å².